The van der Waals surface area contributed by atoms with E-state index in [0.29, 0.717) is 39.9 Å². The molecule has 132 valence electrons. The first-order valence-electron chi connectivity index (χ1n) is 8.13. The average Bonchev–Trinajstić information content (AvgIpc) is 3.41. The average molecular weight is 355 g/mol. The van der Waals surface area contributed by atoms with Crippen molar-refractivity contribution in [2.45, 2.75) is 25.4 Å². The minimum Gasteiger partial charge on any atom is -0.463 e. The lowest BCUT2D eigenvalue weighted by atomic mass is 10.0. The van der Waals surface area contributed by atoms with E-state index in [9.17, 15) is 19.3 Å². The van der Waals surface area contributed by atoms with Crippen LogP contribution in [0, 0.1) is 15.9 Å². The van der Waals surface area contributed by atoms with Crippen LogP contribution in [-0.2, 0) is 16.1 Å². The van der Waals surface area contributed by atoms with Gasteiger partial charge in [-0.1, -0.05) is 0 Å². The molecule has 2 aromatic carbocycles. The number of furan rings is 1. The number of halogens is 1. The number of benzene rings is 2. The normalized spacial score (nSPS) is 13.7. The molecule has 6 nitrogen and oxygen atoms in total. The Morgan fingerprint density at radius 2 is 2.00 bits per heavy atom. The lowest BCUT2D eigenvalue weighted by molar-refractivity contribution is -0.385. The quantitative estimate of drug-likeness (QED) is 0.364. The monoisotopic (exact) mass is 355 g/mol. The lowest BCUT2D eigenvalue weighted by Crippen LogP contribution is -1.95. The van der Waals surface area contributed by atoms with Crippen molar-refractivity contribution in [1.29, 1.82) is 0 Å². The van der Waals surface area contributed by atoms with Gasteiger partial charge in [0.1, 0.15) is 23.8 Å². The van der Waals surface area contributed by atoms with Gasteiger partial charge in [-0.05, 0) is 49.1 Å². The fraction of sp³-hybridized carbons (Fsp3) is 0.211. The number of hydrogen-bond acceptors (Lipinski definition) is 5. The van der Waals surface area contributed by atoms with Crippen LogP contribution in [0.5, 0.6) is 0 Å². The van der Waals surface area contributed by atoms with Crippen LogP contribution in [0.1, 0.15) is 29.9 Å². The summed E-state index contributed by atoms with van der Waals surface area (Å²) in [5.41, 5.74) is 2.24. The molecular weight excluding hydrogens is 341 g/mol. The third kappa shape index (κ3) is 2.81. The summed E-state index contributed by atoms with van der Waals surface area (Å²) in [5.74, 6) is 0.190. The molecule has 26 heavy (non-hydrogen) atoms. The van der Waals surface area contributed by atoms with Crippen molar-refractivity contribution >= 4 is 23.1 Å². The van der Waals surface area contributed by atoms with Crippen molar-refractivity contribution in [3.8, 4) is 11.3 Å². The van der Waals surface area contributed by atoms with Crippen molar-refractivity contribution in [2.24, 2.45) is 0 Å². The molecule has 0 aliphatic heterocycles. The van der Waals surface area contributed by atoms with Crippen LogP contribution in [0.25, 0.3) is 22.3 Å². The summed E-state index contributed by atoms with van der Waals surface area (Å²) < 4.78 is 24.0. The van der Waals surface area contributed by atoms with E-state index in [2.05, 4.69) is 0 Å². The predicted molar refractivity (Wildman–Crippen MR) is 91.1 cm³/mol. The molecule has 1 aliphatic carbocycles. The topological polar surface area (TPSA) is 82.6 Å². The van der Waals surface area contributed by atoms with E-state index in [4.69, 9.17) is 9.15 Å². The molecule has 0 spiro atoms. The third-order valence-corrected chi connectivity index (χ3v) is 4.56. The second kappa shape index (κ2) is 6.25. The van der Waals surface area contributed by atoms with Gasteiger partial charge in [-0.2, -0.15) is 0 Å². The minimum absolute atomic E-state index is 0.0299. The Hall–Kier alpha value is -3.22. The van der Waals surface area contributed by atoms with Crippen LogP contribution in [-0.4, -0.2) is 11.4 Å². The van der Waals surface area contributed by atoms with Gasteiger partial charge in [0.2, 0.25) is 0 Å². The highest BCUT2D eigenvalue weighted by Gasteiger charge is 2.32. The van der Waals surface area contributed by atoms with Crippen LogP contribution in [0.15, 0.2) is 40.8 Å². The maximum absolute atomic E-state index is 13.2. The van der Waals surface area contributed by atoms with Gasteiger partial charge in [-0.25, -0.2) is 4.39 Å². The third-order valence-electron chi connectivity index (χ3n) is 4.56. The molecular formula is C19H14FNO5. The summed E-state index contributed by atoms with van der Waals surface area (Å²) in [5, 5.41) is 12.1. The standard InChI is InChI=1S/C19H14FNO5/c20-13-5-3-12(4-6-13)19-16(9-25-10-22)15-7-14(11-1-2-11)17(21(23)24)8-18(15)26-19/h3-8,10-11H,1-2,9H2. The molecule has 0 saturated heterocycles. The van der Waals surface area contributed by atoms with Gasteiger partial charge in [0.15, 0.2) is 0 Å². The summed E-state index contributed by atoms with van der Waals surface area (Å²) in [4.78, 5) is 21.7. The number of nitro benzene ring substituents is 1. The minimum atomic E-state index is -0.408. The molecule has 0 unspecified atom stereocenters. The number of carbonyl (C=O) groups excluding carboxylic acids is 1. The first-order chi connectivity index (χ1) is 12.6. The smallest absolute Gasteiger partial charge is 0.293 e. The van der Waals surface area contributed by atoms with Crippen LogP contribution in [0.4, 0.5) is 10.1 Å². The number of fused-ring (bicyclic) bond motifs is 1. The molecule has 1 aromatic heterocycles. The first kappa shape index (κ1) is 16.3. The molecule has 1 fully saturated rings. The van der Waals surface area contributed by atoms with E-state index in [1.54, 1.807) is 18.2 Å². The van der Waals surface area contributed by atoms with E-state index in [1.165, 1.54) is 18.2 Å². The number of ether oxygens (including phenoxy) is 1. The van der Waals surface area contributed by atoms with Gasteiger partial charge < -0.3 is 9.15 Å². The van der Waals surface area contributed by atoms with Crippen molar-refractivity contribution in [2.75, 3.05) is 0 Å². The second-order valence-corrected chi connectivity index (χ2v) is 6.26. The maximum atomic E-state index is 13.2. The van der Waals surface area contributed by atoms with E-state index in [0.717, 1.165) is 12.8 Å². The molecule has 1 aliphatic rings. The number of carbonyl (C=O) groups is 1. The van der Waals surface area contributed by atoms with Crippen molar-refractivity contribution < 1.29 is 23.3 Å². The SMILES string of the molecule is O=COCc1c(-c2ccc(F)cc2)oc2cc([N+](=O)[O-])c(C3CC3)cc12. The molecule has 0 N–H and O–H groups in total. The van der Waals surface area contributed by atoms with Gasteiger partial charge >= 0.3 is 0 Å². The van der Waals surface area contributed by atoms with Crippen LogP contribution < -0.4 is 0 Å². The lowest BCUT2D eigenvalue weighted by Gasteiger charge is -2.04. The molecule has 0 amide bonds. The largest absolute Gasteiger partial charge is 0.463 e. The summed E-state index contributed by atoms with van der Waals surface area (Å²) in [7, 11) is 0. The molecule has 4 rings (SSSR count). The molecule has 7 heteroatoms. The Kier molecular flexibility index (Phi) is 3.91. The Balaban J connectivity index is 1.94. The Morgan fingerprint density at radius 1 is 1.27 bits per heavy atom. The molecule has 0 bridgehead atoms. The van der Waals surface area contributed by atoms with E-state index in [1.807, 2.05) is 0 Å². The number of nitrogens with zero attached hydrogens (tertiary/aromatic N) is 1. The van der Waals surface area contributed by atoms with Crippen molar-refractivity contribution in [3.63, 3.8) is 0 Å². The Labute approximate surface area is 147 Å². The van der Waals surface area contributed by atoms with Crippen molar-refractivity contribution in [1.82, 2.24) is 0 Å². The summed E-state index contributed by atoms with van der Waals surface area (Å²) in [6.07, 6.45) is 1.82. The van der Waals surface area contributed by atoms with Crippen molar-refractivity contribution in [3.05, 3.63) is 63.5 Å². The highest BCUT2D eigenvalue weighted by atomic mass is 19.1. The maximum Gasteiger partial charge on any atom is 0.293 e. The molecule has 0 radical (unpaired) electrons. The summed E-state index contributed by atoms with van der Waals surface area (Å²) >= 11 is 0. The highest BCUT2D eigenvalue weighted by Crippen LogP contribution is 2.47. The molecule has 0 atom stereocenters. The Morgan fingerprint density at radius 3 is 2.62 bits per heavy atom. The van der Waals surface area contributed by atoms with Gasteiger partial charge in [-0.3, -0.25) is 14.9 Å². The van der Waals surface area contributed by atoms with Gasteiger partial charge in [0.05, 0.1) is 11.0 Å². The van der Waals surface area contributed by atoms with E-state index >= 15 is 0 Å². The zero-order valence-corrected chi connectivity index (χ0v) is 13.6. The van der Waals surface area contributed by atoms with Crippen LogP contribution in [0.2, 0.25) is 0 Å². The highest BCUT2D eigenvalue weighted by molar-refractivity contribution is 5.90. The molecule has 3 aromatic rings. The zero-order chi connectivity index (χ0) is 18.3. The van der Waals surface area contributed by atoms with Gasteiger partial charge in [0.25, 0.3) is 12.2 Å². The molecule has 1 saturated carbocycles. The fourth-order valence-corrected chi connectivity index (χ4v) is 3.17. The zero-order valence-electron chi connectivity index (χ0n) is 13.6. The fourth-order valence-electron chi connectivity index (χ4n) is 3.17. The van der Waals surface area contributed by atoms with Crippen LogP contribution in [0.3, 0.4) is 0 Å². The van der Waals surface area contributed by atoms with Gasteiger partial charge in [-0.15, -0.1) is 0 Å². The summed E-state index contributed by atoms with van der Waals surface area (Å²) in [6, 6.07) is 8.86. The Bertz CT molecular complexity index is 1000. The van der Waals surface area contributed by atoms with Gasteiger partial charge in [0, 0.05) is 22.1 Å². The second-order valence-electron chi connectivity index (χ2n) is 6.26. The van der Waals surface area contributed by atoms with E-state index < -0.39 is 4.92 Å². The summed E-state index contributed by atoms with van der Waals surface area (Å²) in [6.45, 7) is 0.297. The number of nitro groups is 1. The number of hydrogen-bond donors (Lipinski definition) is 0. The predicted octanol–water partition coefficient (Wildman–Crippen LogP) is 4.70. The van der Waals surface area contributed by atoms with Crippen LogP contribution >= 0.6 is 0 Å². The van der Waals surface area contributed by atoms with E-state index in [-0.39, 0.29) is 24.0 Å². The first-order valence-corrected chi connectivity index (χ1v) is 8.13. The molecule has 1 heterocycles. The number of rotatable bonds is 6.